The lowest BCUT2D eigenvalue weighted by Gasteiger charge is -2.17. The smallest absolute Gasteiger partial charge is 0.263 e. The lowest BCUT2D eigenvalue weighted by atomic mass is 10.0. The molecule has 8 heteroatoms. The number of carbonyl (C=O) groups is 1. The van der Waals surface area contributed by atoms with Gasteiger partial charge in [-0.25, -0.2) is 0 Å². The van der Waals surface area contributed by atoms with Crippen molar-refractivity contribution in [3.8, 4) is 22.6 Å². The van der Waals surface area contributed by atoms with Gasteiger partial charge in [0.25, 0.3) is 5.91 Å². The van der Waals surface area contributed by atoms with Crippen LogP contribution in [0.2, 0.25) is 10.0 Å². The van der Waals surface area contributed by atoms with Crippen LogP contribution in [0.25, 0.3) is 17.2 Å². The molecule has 1 heterocycles. The molecule has 1 fully saturated rings. The van der Waals surface area contributed by atoms with Gasteiger partial charge in [-0.05, 0) is 47.0 Å². The van der Waals surface area contributed by atoms with Crippen LogP contribution in [0.4, 0.5) is 0 Å². The fourth-order valence-electron chi connectivity index (χ4n) is 3.19. The molecule has 1 aliphatic rings. The molecule has 4 rings (SSSR count). The fourth-order valence-corrected chi connectivity index (χ4v) is 4.53. The molecule has 0 aromatic heterocycles. The van der Waals surface area contributed by atoms with E-state index < -0.39 is 0 Å². The van der Waals surface area contributed by atoms with Gasteiger partial charge in [0.05, 0.1) is 22.1 Å². The Morgan fingerprint density at radius 1 is 1.06 bits per heavy atom. The molecule has 0 aliphatic carbocycles. The zero-order valence-corrected chi connectivity index (χ0v) is 20.0. The van der Waals surface area contributed by atoms with E-state index in [-0.39, 0.29) is 5.91 Å². The Morgan fingerprint density at radius 2 is 1.84 bits per heavy atom. The number of ether oxygens (including phenoxy) is 2. The lowest BCUT2D eigenvalue weighted by Crippen LogP contribution is -2.17. The average molecular weight is 502 g/mol. The second-order valence-electron chi connectivity index (χ2n) is 6.86. The monoisotopic (exact) mass is 501 g/mol. The molecule has 0 atom stereocenters. The molecular formula is C24H17Cl2NO3S2. The Balaban J connectivity index is 1.81. The number of thiocarbonyl (C=S) groups is 1. The van der Waals surface area contributed by atoms with Gasteiger partial charge in [-0.1, -0.05) is 83.6 Å². The third kappa shape index (κ3) is 5.10. The molecule has 0 unspecified atom stereocenters. The molecule has 32 heavy (non-hydrogen) atoms. The third-order valence-electron chi connectivity index (χ3n) is 4.69. The number of amides is 1. The van der Waals surface area contributed by atoms with Crippen LogP contribution < -0.4 is 14.8 Å². The number of benzene rings is 3. The van der Waals surface area contributed by atoms with E-state index in [4.69, 9.17) is 44.9 Å². The number of hydrogen-bond acceptors (Lipinski definition) is 5. The number of thioether (sulfide) groups is 1. The summed E-state index contributed by atoms with van der Waals surface area (Å²) < 4.78 is 12.3. The van der Waals surface area contributed by atoms with Gasteiger partial charge in [-0.15, -0.1) is 0 Å². The maximum absolute atomic E-state index is 12.1. The fraction of sp³-hybridized carbons (Fsp3) is 0.0833. The quantitative estimate of drug-likeness (QED) is 0.299. The third-order valence-corrected chi connectivity index (χ3v) is 6.60. The highest BCUT2D eigenvalue weighted by Crippen LogP contribution is 2.42. The normalized spacial score (nSPS) is 14.5. The summed E-state index contributed by atoms with van der Waals surface area (Å²) in [4.78, 5) is 12.6. The van der Waals surface area contributed by atoms with E-state index in [1.165, 1.54) is 11.8 Å². The maximum atomic E-state index is 12.1. The van der Waals surface area contributed by atoms with E-state index in [9.17, 15) is 4.79 Å². The van der Waals surface area contributed by atoms with Crippen LogP contribution in [0.15, 0.2) is 65.6 Å². The molecule has 1 aliphatic heterocycles. The largest absolute Gasteiger partial charge is 0.493 e. The van der Waals surface area contributed by atoms with Crippen molar-refractivity contribution in [3.05, 3.63) is 86.7 Å². The molecule has 0 radical (unpaired) electrons. The van der Waals surface area contributed by atoms with E-state index in [2.05, 4.69) is 5.32 Å². The van der Waals surface area contributed by atoms with Gasteiger partial charge >= 0.3 is 0 Å². The van der Waals surface area contributed by atoms with Gasteiger partial charge < -0.3 is 14.8 Å². The second kappa shape index (κ2) is 9.96. The summed E-state index contributed by atoms with van der Waals surface area (Å²) in [6, 6.07) is 19.0. The van der Waals surface area contributed by atoms with Crippen molar-refractivity contribution in [3.63, 3.8) is 0 Å². The maximum Gasteiger partial charge on any atom is 0.263 e. The highest BCUT2D eigenvalue weighted by atomic mass is 35.5. The Hall–Kier alpha value is -2.51. The van der Waals surface area contributed by atoms with Gasteiger partial charge in [0.1, 0.15) is 10.9 Å². The van der Waals surface area contributed by atoms with Crippen LogP contribution in [0.5, 0.6) is 11.5 Å². The minimum atomic E-state index is -0.223. The standard InChI is InChI=1S/C24H17Cl2NO3S2/c1-29-20-10-15(11-21-23(28)27-24(31)32-21)9-17(16-7-8-18(25)19(26)12-16)22(20)30-13-14-5-3-2-4-6-14/h2-12H,13H2,1H3,(H,27,28,31)/b21-11-. The molecule has 162 valence electrons. The number of rotatable bonds is 6. The van der Waals surface area contributed by atoms with Crippen LogP contribution in [0, 0.1) is 0 Å². The Morgan fingerprint density at radius 3 is 2.50 bits per heavy atom. The molecule has 0 spiro atoms. The van der Waals surface area contributed by atoms with Crippen molar-refractivity contribution < 1.29 is 14.3 Å². The summed E-state index contributed by atoms with van der Waals surface area (Å²) in [6.45, 7) is 0.360. The summed E-state index contributed by atoms with van der Waals surface area (Å²) in [5.74, 6) is 0.873. The first-order chi connectivity index (χ1) is 15.4. The highest BCUT2D eigenvalue weighted by molar-refractivity contribution is 8.26. The molecule has 1 saturated heterocycles. The van der Waals surface area contributed by atoms with Crippen molar-refractivity contribution in [1.29, 1.82) is 0 Å². The molecular weight excluding hydrogens is 485 g/mol. The van der Waals surface area contributed by atoms with Crippen LogP contribution >= 0.6 is 47.2 Å². The van der Waals surface area contributed by atoms with Crippen LogP contribution in [0.1, 0.15) is 11.1 Å². The second-order valence-corrected chi connectivity index (χ2v) is 9.39. The summed E-state index contributed by atoms with van der Waals surface area (Å²) in [7, 11) is 1.58. The van der Waals surface area contributed by atoms with Crippen molar-refractivity contribution in [2.75, 3.05) is 7.11 Å². The van der Waals surface area contributed by atoms with Gasteiger partial charge in [0.2, 0.25) is 0 Å². The van der Waals surface area contributed by atoms with E-state index in [1.807, 2.05) is 48.5 Å². The number of halogens is 2. The first-order valence-corrected chi connectivity index (χ1v) is 11.5. The molecule has 3 aromatic carbocycles. The number of nitrogens with one attached hydrogen (secondary N) is 1. The van der Waals surface area contributed by atoms with Crippen molar-refractivity contribution in [2.45, 2.75) is 6.61 Å². The Kier molecular flexibility index (Phi) is 7.06. The Bertz CT molecular complexity index is 1230. The van der Waals surface area contributed by atoms with E-state index in [1.54, 1.807) is 25.3 Å². The average Bonchev–Trinajstić information content (AvgIpc) is 3.11. The summed E-state index contributed by atoms with van der Waals surface area (Å²) in [5, 5.41) is 3.51. The minimum absolute atomic E-state index is 0.223. The van der Waals surface area contributed by atoms with Gasteiger partial charge in [0, 0.05) is 5.56 Å². The summed E-state index contributed by atoms with van der Waals surface area (Å²) >= 11 is 18.7. The lowest BCUT2D eigenvalue weighted by molar-refractivity contribution is -0.115. The zero-order chi connectivity index (χ0) is 22.7. The van der Waals surface area contributed by atoms with Crippen molar-refractivity contribution >= 4 is 63.5 Å². The predicted octanol–water partition coefficient (Wildman–Crippen LogP) is 6.74. The molecule has 3 aromatic rings. The number of carbonyl (C=O) groups excluding carboxylic acids is 1. The Labute approximate surface area is 205 Å². The number of methoxy groups -OCH3 is 1. The van der Waals surface area contributed by atoms with Crippen molar-refractivity contribution in [1.82, 2.24) is 5.32 Å². The van der Waals surface area contributed by atoms with Crippen LogP contribution in [-0.2, 0) is 11.4 Å². The topological polar surface area (TPSA) is 47.6 Å². The van der Waals surface area contributed by atoms with E-state index >= 15 is 0 Å². The molecule has 0 saturated carbocycles. The summed E-state index contributed by atoms with van der Waals surface area (Å²) in [5.41, 5.74) is 3.35. The van der Waals surface area contributed by atoms with E-state index in [0.29, 0.717) is 37.4 Å². The molecule has 0 bridgehead atoms. The van der Waals surface area contributed by atoms with Crippen LogP contribution in [-0.4, -0.2) is 17.3 Å². The number of hydrogen-bond donors (Lipinski definition) is 1. The SMILES string of the molecule is COc1cc(/C=C2\SC(=S)NC2=O)cc(-c2ccc(Cl)c(Cl)c2)c1OCc1ccccc1. The first kappa shape index (κ1) is 22.7. The summed E-state index contributed by atoms with van der Waals surface area (Å²) in [6.07, 6.45) is 1.77. The minimum Gasteiger partial charge on any atom is -0.493 e. The highest BCUT2D eigenvalue weighted by Gasteiger charge is 2.23. The zero-order valence-electron chi connectivity index (χ0n) is 16.9. The predicted molar refractivity (Wildman–Crippen MR) is 136 cm³/mol. The molecule has 1 amide bonds. The molecule has 1 N–H and O–H groups in total. The van der Waals surface area contributed by atoms with Gasteiger partial charge in [-0.2, -0.15) is 0 Å². The first-order valence-electron chi connectivity index (χ1n) is 9.53. The van der Waals surface area contributed by atoms with Crippen LogP contribution in [0.3, 0.4) is 0 Å². The van der Waals surface area contributed by atoms with Gasteiger partial charge in [-0.3, -0.25) is 4.79 Å². The van der Waals surface area contributed by atoms with Crippen molar-refractivity contribution in [2.24, 2.45) is 0 Å². The van der Waals surface area contributed by atoms with Gasteiger partial charge in [0.15, 0.2) is 11.5 Å². The molecule has 4 nitrogen and oxygen atoms in total. The van der Waals surface area contributed by atoms with E-state index in [0.717, 1.165) is 22.3 Å².